The van der Waals surface area contributed by atoms with E-state index in [1.54, 1.807) is 0 Å². The highest BCUT2D eigenvalue weighted by Crippen LogP contribution is 2.24. The minimum absolute atomic E-state index is 0.445. The molecule has 19 heavy (non-hydrogen) atoms. The number of piperidine rings is 1. The Hall–Kier alpha value is -0.860. The van der Waals surface area contributed by atoms with Gasteiger partial charge in [-0.3, -0.25) is 0 Å². The van der Waals surface area contributed by atoms with Crippen LogP contribution in [-0.4, -0.2) is 31.6 Å². The minimum atomic E-state index is 0.445. The average molecular weight is 260 g/mol. The fourth-order valence-corrected chi connectivity index (χ4v) is 3.02. The molecule has 0 radical (unpaired) electrons. The smallest absolute Gasteiger partial charge is 0.0446 e. The van der Waals surface area contributed by atoms with Gasteiger partial charge < -0.3 is 10.2 Å². The van der Waals surface area contributed by atoms with E-state index in [4.69, 9.17) is 0 Å². The molecular weight excluding hydrogens is 232 g/mol. The summed E-state index contributed by atoms with van der Waals surface area (Å²) >= 11 is 0. The lowest BCUT2D eigenvalue weighted by atomic mass is 9.88. The Morgan fingerprint density at radius 3 is 2.74 bits per heavy atom. The van der Waals surface area contributed by atoms with Gasteiger partial charge in [0.05, 0.1) is 0 Å². The summed E-state index contributed by atoms with van der Waals surface area (Å²) in [6.45, 7) is 10.6. The van der Waals surface area contributed by atoms with Gasteiger partial charge in [0.15, 0.2) is 0 Å². The van der Waals surface area contributed by atoms with E-state index in [-0.39, 0.29) is 0 Å². The van der Waals surface area contributed by atoms with Crippen LogP contribution in [0.25, 0.3) is 0 Å². The molecule has 2 rings (SSSR count). The third kappa shape index (κ3) is 3.80. The molecule has 0 aromatic heterocycles. The minimum Gasteiger partial charge on any atom is -0.312 e. The molecule has 3 unspecified atom stereocenters. The highest BCUT2D eigenvalue weighted by molar-refractivity contribution is 5.25. The van der Waals surface area contributed by atoms with Crippen molar-refractivity contribution in [2.75, 3.05) is 26.7 Å². The van der Waals surface area contributed by atoms with Gasteiger partial charge in [0.1, 0.15) is 0 Å². The van der Waals surface area contributed by atoms with E-state index >= 15 is 0 Å². The molecule has 1 aromatic rings. The largest absolute Gasteiger partial charge is 0.312 e. The number of rotatable bonds is 4. The van der Waals surface area contributed by atoms with Crippen LogP contribution in [0.3, 0.4) is 0 Å². The molecular formula is C17H28N2. The monoisotopic (exact) mass is 260 g/mol. The van der Waals surface area contributed by atoms with Gasteiger partial charge in [-0.2, -0.15) is 0 Å². The van der Waals surface area contributed by atoms with Crippen LogP contribution in [0.15, 0.2) is 24.3 Å². The van der Waals surface area contributed by atoms with Crippen LogP contribution in [-0.2, 0) is 0 Å². The van der Waals surface area contributed by atoms with Gasteiger partial charge in [0.2, 0.25) is 0 Å². The molecule has 1 saturated heterocycles. The maximum atomic E-state index is 3.48. The van der Waals surface area contributed by atoms with Crippen molar-refractivity contribution in [2.45, 2.75) is 33.2 Å². The lowest BCUT2D eigenvalue weighted by Gasteiger charge is -2.37. The van der Waals surface area contributed by atoms with Crippen LogP contribution in [0.2, 0.25) is 0 Å². The lowest BCUT2D eigenvalue weighted by molar-refractivity contribution is 0.128. The standard InChI is InChI=1S/C17H28N2/c1-13-6-5-7-16(10-13)17(18-4)12-19-9-8-14(2)15(3)11-19/h5-7,10,14-15,17-18H,8-9,11-12H2,1-4H3. The molecule has 1 fully saturated rings. The van der Waals surface area contributed by atoms with Crippen LogP contribution in [0.5, 0.6) is 0 Å². The first kappa shape index (κ1) is 14.5. The molecule has 1 N–H and O–H groups in total. The van der Waals surface area contributed by atoms with E-state index in [0.29, 0.717) is 6.04 Å². The Morgan fingerprint density at radius 1 is 1.32 bits per heavy atom. The topological polar surface area (TPSA) is 15.3 Å². The molecule has 0 aliphatic carbocycles. The number of nitrogens with zero attached hydrogens (tertiary/aromatic N) is 1. The first-order valence-corrected chi connectivity index (χ1v) is 7.56. The van der Waals surface area contributed by atoms with Crippen molar-refractivity contribution in [2.24, 2.45) is 11.8 Å². The first-order valence-electron chi connectivity index (χ1n) is 7.56. The van der Waals surface area contributed by atoms with Crippen molar-refractivity contribution in [1.29, 1.82) is 0 Å². The van der Waals surface area contributed by atoms with Gasteiger partial charge in [-0.25, -0.2) is 0 Å². The van der Waals surface area contributed by atoms with Crippen molar-refractivity contribution in [1.82, 2.24) is 10.2 Å². The zero-order chi connectivity index (χ0) is 13.8. The van der Waals surface area contributed by atoms with E-state index in [9.17, 15) is 0 Å². The molecule has 0 amide bonds. The highest BCUT2D eigenvalue weighted by atomic mass is 15.2. The fraction of sp³-hybridized carbons (Fsp3) is 0.647. The van der Waals surface area contributed by atoms with E-state index in [1.165, 1.54) is 30.6 Å². The van der Waals surface area contributed by atoms with E-state index in [0.717, 1.165) is 18.4 Å². The second-order valence-electron chi connectivity index (χ2n) is 6.26. The average Bonchev–Trinajstić information content (AvgIpc) is 2.40. The van der Waals surface area contributed by atoms with Gasteiger partial charge in [-0.15, -0.1) is 0 Å². The summed E-state index contributed by atoms with van der Waals surface area (Å²) in [7, 11) is 2.07. The molecule has 2 heteroatoms. The van der Waals surface area contributed by atoms with E-state index in [1.807, 2.05) is 0 Å². The molecule has 0 bridgehead atoms. The van der Waals surface area contributed by atoms with Crippen molar-refractivity contribution in [3.05, 3.63) is 35.4 Å². The quantitative estimate of drug-likeness (QED) is 0.894. The summed E-state index contributed by atoms with van der Waals surface area (Å²) in [4.78, 5) is 2.62. The van der Waals surface area contributed by atoms with Crippen molar-refractivity contribution in [3.63, 3.8) is 0 Å². The molecule has 0 spiro atoms. The molecule has 0 saturated carbocycles. The zero-order valence-electron chi connectivity index (χ0n) is 12.8. The van der Waals surface area contributed by atoms with Gasteiger partial charge in [-0.05, 0) is 44.3 Å². The van der Waals surface area contributed by atoms with Crippen LogP contribution >= 0.6 is 0 Å². The van der Waals surface area contributed by atoms with Gasteiger partial charge >= 0.3 is 0 Å². The Kier molecular flexibility index (Phi) is 5.00. The number of hydrogen-bond acceptors (Lipinski definition) is 2. The number of hydrogen-bond donors (Lipinski definition) is 1. The Balaban J connectivity index is 1.99. The molecule has 3 atom stereocenters. The molecule has 106 valence electrons. The summed E-state index contributed by atoms with van der Waals surface area (Å²) in [6.07, 6.45) is 1.34. The predicted molar refractivity (Wildman–Crippen MR) is 82.4 cm³/mol. The first-order chi connectivity index (χ1) is 9.10. The van der Waals surface area contributed by atoms with E-state index < -0.39 is 0 Å². The zero-order valence-corrected chi connectivity index (χ0v) is 12.8. The predicted octanol–water partition coefficient (Wildman–Crippen LogP) is 3.23. The van der Waals surface area contributed by atoms with Gasteiger partial charge in [0, 0.05) is 19.1 Å². The molecule has 2 nitrogen and oxygen atoms in total. The van der Waals surface area contributed by atoms with E-state index in [2.05, 4.69) is 62.3 Å². The van der Waals surface area contributed by atoms with Crippen LogP contribution < -0.4 is 5.32 Å². The summed E-state index contributed by atoms with van der Waals surface area (Å²) in [5.74, 6) is 1.70. The van der Waals surface area contributed by atoms with Gasteiger partial charge in [0.25, 0.3) is 0 Å². The second kappa shape index (κ2) is 6.53. The maximum Gasteiger partial charge on any atom is 0.0446 e. The SMILES string of the molecule is CNC(CN1CCC(C)C(C)C1)c1cccc(C)c1. The van der Waals surface area contributed by atoms with Crippen LogP contribution in [0.4, 0.5) is 0 Å². The van der Waals surface area contributed by atoms with Crippen LogP contribution in [0, 0.1) is 18.8 Å². The van der Waals surface area contributed by atoms with Gasteiger partial charge in [-0.1, -0.05) is 43.7 Å². The van der Waals surface area contributed by atoms with Crippen molar-refractivity contribution < 1.29 is 0 Å². The van der Waals surface area contributed by atoms with Crippen molar-refractivity contribution >= 4 is 0 Å². The Bertz CT molecular complexity index is 402. The molecule has 1 aromatic carbocycles. The summed E-state index contributed by atoms with van der Waals surface area (Å²) in [5.41, 5.74) is 2.76. The summed E-state index contributed by atoms with van der Waals surface area (Å²) in [6, 6.07) is 9.32. The van der Waals surface area contributed by atoms with Crippen molar-refractivity contribution in [3.8, 4) is 0 Å². The third-order valence-corrected chi connectivity index (χ3v) is 4.65. The number of nitrogens with one attached hydrogen (secondary N) is 1. The summed E-state index contributed by atoms with van der Waals surface area (Å²) in [5, 5.41) is 3.48. The molecule has 1 aliphatic heterocycles. The summed E-state index contributed by atoms with van der Waals surface area (Å²) < 4.78 is 0. The highest BCUT2D eigenvalue weighted by Gasteiger charge is 2.24. The Labute approximate surface area is 118 Å². The number of benzene rings is 1. The lowest BCUT2D eigenvalue weighted by Crippen LogP contribution is -2.42. The number of likely N-dealkylation sites (N-methyl/N-ethyl adjacent to an activating group) is 1. The maximum absolute atomic E-state index is 3.48. The normalized spacial score (nSPS) is 26.3. The molecule has 1 aliphatic rings. The third-order valence-electron chi connectivity index (χ3n) is 4.65. The number of aryl methyl sites for hydroxylation is 1. The fourth-order valence-electron chi connectivity index (χ4n) is 3.02. The van der Waals surface area contributed by atoms with Crippen LogP contribution in [0.1, 0.15) is 37.4 Å². The molecule has 1 heterocycles. The number of likely N-dealkylation sites (tertiary alicyclic amines) is 1. The Morgan fingerprint density at radius 2 is 2.11 bits per heavy atom. The second-order valence-corrected chi connectivity index (χ2v) is 6.26.